The zero-order chi connectivity index (χ0) is 14.8. The summed E-state index contributed by atoms with van der Waals surface area (Å²) in [6.07, 6.45) is 1.16. The van der Waals surface area contributed by atoms with Crippen LogP contribution in [0.2, 0.25) is 0 Å². The van der Waals surface area contributed by atoms with Crippen molar-refractivity contribution in [3.63, 3.8) is 0 Å². The Morgan fingerprint density at radius 2 is 2.14 bits per heavy atom. The molecule has 21 heavy (non-hydrogen) atoms. The van der Waals surface area contributed by atoms with Crippen LogP contribution in [0.15, 0.2) is 29.2 Å². The lowest BCUT2D eigenvalue weighted by molar-refractivity contribution is 0.0988. The largest absolute Gasteiger partial charge is 0.330 e. The number of sulfonamides is 1. The van der Waals surface area contributed by atoms with E-state index in [0.717, 1.165) is 6.42 Å². The predicted molar refractivity (Wildman–Crippen MR) is 84.2 cm³/mol. The summed E-state index contributed by atoms with van der Waals surface area (Å²) in [4.78, 5) is 11.9. The van der Waals surface area contributed by atoms with Gasteiger partial charge in [0.1, 0.15) is 0 Å². The van der Waals surface area contributed by atoms with E-state index in [1.807, 2.05) is 0 Å². The van der Waals surface area contributed by atoms with Crippen LogP contribution in [0.3, 0.4) is 0 Å². The smallest absolute Gasteiger partial charge is 0.243 e. The van der Waals surface area contributed by atoms with Crippen molar-refractivity contribution in [3.05, 3.63) is 29.8 Å². The quantitative estimate of drug-likeness (QED) is 0.832. The first-order valence-corrected chi connectivity index (χ1v) is 8.26. The minimum Gasteiger partial charge on any atom is -0.330 e. The maximum atomic E-state index is 12.5. The fourth-order valence-corrected chi connectivity index (χ4v) is 3.97. The molecule has 0 aromatic heterocycles. The van der Waals surface area contributed by atoms with Crippen LogP contribution in [-0.2, 0) is 10.0 Å². The van der Waals surface area contributed by atoms with Crippen LogP contribution in [0.1, 0.15) is 30.1 Å². The van der Waals surface area contributed by atoms with E-state index in [2.05, 4.69) is 0 Å². The molecule has 1 saturated heterocycles. The van der Waals surface area contributed by atoms with Crippen molar-refractivity contribution < 1.29 is 13.2 Å². The minimum atomic E-state index is -3.52. The zero-order valence-electron chi connectivity index (χ0n) is 12.0. The van der Waals surface area contributed by atoms with Crippen molar-refractivity contribution in [3.8, 4) is 0 Å². The molecule has 0 bridgehead atoms. The lowest BCUT2D eigenvalue weighted by atomic mass is 10.1. The van der Waals surface area contributed by atoms with Crippen molar-refractivity contribution in [2.24, 2.45) is 11.7 Å². The molecule has 1 fully saturated rings. The third-order valence-corrected chi connectivity index (χ3v) is 5.56. The average molecular weight is 333 g/mol. The highest BCUT2D eigenvalue weighted by atomic mass is 35.5. The number of benzene rings is 1. The molecule has 0 saturated carbocycles. The first kappa shape index (κ1) is 18.1. The number of rotatable bonds is 5. The second-order valence-electron chi connectivity index (χ2n) is 5.06. The highest BCUT2D eigenvalue weighted by Gasteiger charge is 2.32. The van der Waals surface area contributed by atoms with Gasteiger partial charge in [0.2, 0.25) is 10.0 Å². The number of halogens is 1. The van der Waals surface area contributed by atoms with Gasteiger partial charge in [0, 0.05) is 25.1 Å². The van der Waals surface area contributed by atoms with Crippen molar-refractivity contribution >= 4 is 28.2 Å². The number of hydrogen-bond donors (Lipinski definition) is 1. The number of nitrogens with zero attached hydrogens (tertiary/aromatic N) is 1. The van der Waals surface area contributed by atoms with E-state index in [0.29, 0.717) is 31.6 Å². The Bertz CT molecular complexity index is 604. The Morgan fingerprint density at radius 1 is 1.43 bits per heavy atom. The maximum Gasteiger partial charge on any atom is 0.243 e. The number of Topliss-reactive ketones (excluding diaryl/α,β-unsaturated/α-hetero) is 1. The first-order valence-electron chi connectivity index (χ1n) is 6.82. The van der Waals surface area contributed by atoms with Crippen LogP contribution in [0.5, 0.6) is 0 Å². The Balaban J connectivity index is 0.00000220. The molecule has 1 unspecified atom stereocenters. The Hall–Kier alpha value is -0.950. The normalized spacial score (nSPS) is 19.2. The van der Waals surface area contributed by atoms with Gasteiger partial charge in [0.25, 0.3) is 0 Å². The zero-order valence-corrected chi connectivity index (χ0v) is 13.6. The highest BCUT2D eigenvalue weighted by Crippen LogP contribution is 2.24. The molecule has 5 nitrogen and oxygen atoms in total. The van der Waals surface area contributed by atoms with E-state index in [1.54, 1.807) is 19.1 Å². The number of carbonyl (C=O) groups is 1. The summed E-state index contributed by atoms with van der Waals surface area (Å²) in [6, 6.07) is 6.28. The summed E-state index contributed by atoms with van der Waals surface area (Å²) in [5, 5.41) is 0. The lowest BCUT2D eigenvalue weighted by Crippen LogP contribution is -2.30. The summed E-state index contributed by atoms with van der Waals surface area (Å²) in [5.41, 5.74) is 6.04. The van der Waals surface area contributed by atoms with E-state index in [-0.39, 0.29) is 29.0 Å². The molecule has 0 aliphatic carbocycles. The van der Waals surface area contributed by atoms with E-state index >= 15 is 0 Å². The van der Waals surface area contributed by atoms with Crippen LogP contribution in [-0.4, -0.2) is 38.1 Å². The molecule has 1 aliphatic rings. The van der Waals surface area contributed by atoms with Gasteiger partial charge in [-0.2, -0.15) is 4.31 Å². The van der Waals surface area contributed by atoms with Gasteiger partial charge >= 0.3 is 0 Å². The Morgan fingerprint density at radius 3 is 2.71 bits per heavy atom. The summed E-state index contributed by atoms with van der Waals surface area (Å²) in [6.45, 7) is 3.22. The van der Waals surface area contributed by atoms with Crippen LogP contribution in [0, 0.1) is 5.92 Å². The molecule has 118 valence electrons. The molecule has 2 N–H and O–H groups in total. The standard InChI is InChI=1S/C14H20N2O3S.ClH/c1-2-14(17)12-4-3-5-13(8-12)20(18,19)16-7-6-11(9-15)10-16;/h3-5,8,11H,2,6-7,9-10,15H2,1H3;1H. The summed E-state index contributed by atoms with van der Waals surface area (Å²) in [5.74, 6) is 0.175. The third kappa shape index (κ3) is 3.83. The second kappa shape index (κ2) is 7.35. The number of ketones is 1. The first-order chi connectivity index (χ1) is 9.48. The molecule has 7 heteroatoms. The molecule has 0 radical (unpaired) electrons. The monoisotopic (exact) mass is 332 g/mol. The molecular weight excluding hydrogens is 312 g/mol. The Labute approximate surface area is 132 Å². The summed E-state index contributed by atoms with van der Waals surface area (Å²) >= 11 is 0. The van der Waals surface area contributed by atoms with E-state index in [9.17, 15) is 13.2 Å². The summed E-state index contributed by atoms with van der Waals surface area (Å²) < 4.78 is 26.5. The van der Waals surface area contributed by atoms with E-state index in [4.69, 9.17) is 5.73 Å². The van der Waals surface area contributed by atoms with Crippen LogP contribution >= 0.6 is 12.4 Å². The predicted octanol–water partition coefficient (Wildman–Crippen LogP) is 1.67. The highest BCUT2D eigenvalue weighted by molar-refractivity contribution is 7.89. The van der Waals surface area contributed by atoms with Gasteiger partial charge in [-0.1, -0.05) is 19.1 Å². The van der Waals surface area contributed by atoms with Crippen molar-refractivity contribution in [2.45, 2.75) is 24.7 Å². The van der Waals surface area contributed by atoms with Crippen molar-refractivity contribution in [1.29, 1.82) is 0 Å². The van der Waals surface area contributed by atoms with Gasteiger partial charge in [-0.05, 0) is 31.0 Å². The van der Waals surface area contributed by atoms with E-state index in [1.165, 1.54) is 16.4 Å². The van der Waals surface area contributed by atoms with Gasteiger partial charge in [0.15, 0.2) is 5.78 Å². The van der Waals surface area contributed by atoms with E-state index < -0.39 is 10.0 Å². The average Bonchev–Trinajstić information content (AvgIpc) is 2.96. The molecule has 0 amide bonds. The van der Waals surface area contributed by atoms with Crippen LogP contribution in [0.4, 0.5) is 0 Å². The topological polar surface area (TPSA) is 80.5 Å². The molecule has 1 atom stereocenters. The molecule has 0 spiro atoms. The van der Waals surface area contributed by atoms with Gasteiger partial charge in [-0.25, -0.2) is 8.42 Å². The van der Waals surface area contributed by atoms with Crippen LogP contribution in [0.25, 0.3) is 0 Å². The van der Waals surface area contributed by atoms with Crippen molar-refractivity contribution in [2.75, 3.05) is 19.6 Å². The molecular formula is C14H21ClN2O3S. The SMILES string of the molecule is CCC(=O)c1cccc(S(=O)(=O)N2CCC(CN)C2)c1.Cl. The lowest BCUT2D eigenvalue weighted by Gasteiger charge is -2.16. The molecule has 1 aromatic rings. The number of hydrogen-bond acceptors (Lipinski definition) is 4. The van der Waals surface area contributed by atoms with Crippen molar-refractivity contribution in [1.82, 2.24) is 4.31 Å². The minimum absolute atomic E-state index is 0. The molecule has 1 aromatic carbocycles. The van der Waals surface area contributed by atoms with Gasteiger partial charge in [-0.3, -0.25) is 4.79 Å². The molecule has 1 aliphatic heterocycles. The number of carbonyl (C=O) groups excluding carboxylic acids is 1. The second-order valence-corrected chi connectivity index (χ2v) is 7.00. The number of nitrogens with two attached hydrogens (primary N) is 1. The van der Waals surface area contributed by atoms with Gasteiger partial charge in [0.05, 0.1) is 4.90 Å². The van der Waals surface area contributed by atoms with Crippen LogP contribution < -0.4 is 5.73 Å². The maximum absolute atomic E-state index is 12.5. The van der Waals surface area contributed by atoms with Gasteiger partial charge < -0.3 is 5.73 Å². The summed E-state index contributed by atoms with van der Waals surface area (Å²) in [7, 11) is -3.52. The van der Waals surface area contributed by atoms with Gasteiger partial charge in [-0.15, -0.1) is 12.4 Å². The molecule has 2 rings (SSSR count). The fourth-order valence-electron chi connectivity index (χ4n) is 2.39. The fraction of sp³-hybridized carbons (Fsp3) is 0.500. The molecule has 1 heterocycles. The Kier molecular flexibility index (Phi) is 6.34. The third-order valence-electron chi connectivity index (χ3n) is 3.70.